The van der Waals surface area contributed by atoms with Gasteiger partial charge in [-0.2, -0.15) is 9.40 Å². The predicted molar refractivity (Wildman–Crippen MR) is 125 cm³/mol. The number of benzene rings is 2. The molecule has 0 saturated carbocycles. The zero-order valence-electron chi connectivity index (χ0n) is 18.9. The summed E-state index contributed by atoms with van der Waals surface area (Å²) in [6.45, 7) is 7.21. The van der Waals surface area contributed by atoms with Crippen molar-refractivity contribution in [2.24, 2.45) is 7.05 Å². The van der Waals surface area contributed by atoms with Crippen LogP contribution in [0.3, 0.4) is 0 Å². The van der Waals surface area contributed by atoms with E-state index in [1.807, 2.05) is 68.9 Å². The van der Waals surface area contributed by atoms with Crippen molar-refractivity contribution in [1.82, 2.24) is 14.1 Å². The first-order valence-corrected chi connectivity index (χ1v) is 12.4. The van der Waals surface area contributed by atoms with E-state index in [9.17, 15) is 8.42 Å². The molecule has 2 heterocycles. The lowest BCUT2D eigenvalue weighted by Gasteiger charge is -2.28. The molecule has 0 fully saturated rings. The predicted octanol–water partition coefficient (Wildman–Crippen LogP) is 4.46. The van der Waals surface area contributed by atoms with Gasteiger partial charge in [-0.25, -0.2) is 8.42 Å². The fraction of sp³-hybridized carbons (Fsp3) is 0.375. The summed E-state index contributed by atoms with van der Waals surface area (Å²) in [6, 6.07) is 11.4. The highest BCUT2D eigenvalue weighted by Gasteiger charge is 2.33. The Kier molecular flexibility index (Phi) is 6.45. The molecule has 2 aromatic carbocycles. The van der Waals surface area contributed by atoms with E-state index in [4.69, 9.17) is 16.3 Å². The quantitative estimate of drug-likeness (QED) is 0.530. The number of nitrogens with zero attached hydrogens (tertiary/aromatic N) is 3. The first-order valence-electron chi connectivity index (χ1n) is 10.6. The molecule has 1 aromatic heterocycles. The molecular weight excluding hydrogens is 446 g/mol. The van der Waals surface area contributed by atoms with Crippen LogP contribution in [0.15, 0.2) is 41.3 Å². The Morgan fingerprint density at radius 2 is 1.72 bits per heavy atom. The van der Waals surface area contributed by atoms with Gasteiger partial charge in [-0.05, 0) is 49.6 Å². The molecule has 0 radical (unpaired) electrons. The number of aromatic nitrogens is 2. The fourth-order valence-electron chi connectivity index (χ4n) is 4.51. The highest BCUT2D eigenvalue weighted by molar-refractivity contribution is 7.89. The minimum Gasteiger partial charge on any atom is -0.370 e. The van der Waals surface area contributed by atoms with Crippen LogP contribution in [0.2, 0.25) is 5.02 Å². The molecular formula is C24H28ClN3O3S. The highest BCUT2D eigenvalue weighted by atomic mass is 35.5. The first kappa shape index (κ1) is 23.0. The number of rotatable bonds is 6. The number of ether oxygens (including phenoxy) is 1. The molecule has 170 valence electrons. The van der Waals surface area contributed by atoms with Gasteiger partial charge in [-0.3, -0.25) is 4.68 Å². The van der Waals surface area contributed by atoms with Gasteiger partial charge >= 0.3 is 0 Å². The molecule has 3 aromatic rings. The molecule has 32 heavy (non-hydrogen) atoms. The van der Waals surface area contributed by atoms with Gasteiger partial charge in [0, 0.05) is 42.8 Å². The van der Waals surface area contributed by atoms with Crippen molar-refractivity contribution in [3.8, 4) is 0 Å². The Morgan fingerprint density at radius 3 is 2.38 bits per heavy atom. The summed E-state index contributed by atoms with van der Waals surface area (Å²) in [6.07, 6.45) is 0.624. The van der Waals surface area contributed by atoms with Crippen molar-refractivity contribution < 1.29 is 13.2 Å². The lowest BCUT2D eigenvalue weighted by Crippen LogP contribution is -2.37. The van der Waals surface area contributed by atoms with Crippen molar-refractivity contribution >= 4 is 21.6 Å². The Labute approximate surface area is 194 Å². The van der Waals surface area contributed by atoms with E-state index in [1.54, 1.807) is 4.31 Å². The van der Waals surface area contributed by atoms with Gasteiger partial charge in [-0.15, -0.1) is 0 Å². The third-order valence-electron chi connectivity index (χ3n) is 5.91. The van der Waals surface area contributed by atoms with Crippen LogP contribution < -0.4 is 0 Å². The molecule has 0 amide bonds. The van der Waals surface area contributed by atoms with Gasteiger partial charge in [0.1, 0.15) is 0 Å². The van der Waals surface area contributed by atoms with Gasteiger partial charge in [0.2, 0.25) is 10.0 Å². The van der Waals surface area contributed by atoms with Crippen LogP contribution in [0.4, 0.5) is 0 Å². The van der Waals surface area contributed by atoms with E-state index in [1.165, 1.54) is 0 Å². The Hall–Kier alpha value is -2.19. The van der Waals surface area contributed by atoms with Gasteiger partial charge < -0.3 is 4.74 Å². The number of hydrogen-bond acceptors (Lipinski definition) is 4. The molecule has 4 rings (SSSR count). The fourth-order valence-corrected chi connectivity index (χ4v) is 6.46. The maximum absolute atomic E-state index is 13.6. The third-order valence-corrected chi connectivity index (χ3v) is 8.32. The van der Waals surface area contributed by atoms with Crippen LogP contribution in [0.25, 0.3) is 0 Å². The summed E-state index contributed by atoms with van der Waals surface area (Å²) >= 11 is 5.94. The van der Waals surface area contributed by atoms with E-state index < -0.39 is 10.0 Å². The average Bonchev–Trinajstić information content (AvgIpc) is 3.04. The number of halogens is 1. The van der Waals surface area contributed by atoms with E-state index in [-0.39, 0.29) is 0 Å². The number of hydrogen-bond donors (Lipinski definition) is 0. The first-order chi connectivity index (χ1) is 15.2. The largest absolute Gasteiger partial charge is 0.370 e. The van der Waals surface area contributed by atoms with Gasteiger partial charge in [0.25, 0.3) is 0 Å². The van der Waals surface area contributed by atoms with E-state index in [2.05, 4.69) is 5.10 Å². The minimum atomic E-state index is -3.61. The van der Waals surface area contributed by atoms with Crippen LogP contribution in [-0.4, -0.2) is 29.0 Å². The van der Waals surface area contributed by atoms with Crippen LogP contribution in [0.1, 0.15) is 39.2 Å². The lowest BCUT2D eigenvalue weighted by molar-refractivity contribution is 0.103. The zero-order chi connectivity index (χ0) is 23.0. The molecule has 1 aliphatic heterocycles. The summed E-state index contributed by atoms with van der Waals surface area (Å²) in [5.41, 5.74) is 6.45. The summed E-state index contributed by atoms with van der Waals surface area (Å²) in [5, 5.41) is 5.31. The Balaban J connectivity index is 1.55. The molecule has 0 aliphatic carbocycles. The van der Waals surface area contributed by atoms with Gasteiger partial charge in [-0.1, -0.05) is 41.4 Å². The molecule has 0 bridgehead atoms. The minimum absolute atomic E-state index is 0.303. The second-order valence-corrected chi connectivity index (χ2v) is 10.7. The van der Waals surface area contributed by atoms with E-state index in [0.717, 1.165) is 39.2 Å². The van der Waals surface area contributed by atoms with Crippen molar-refractivity contribution in [2.45, 2.75) is 51.8 Å². The van der Waals surface area contributed by atoms with E-state index >= 15 is 0 Å². The highest BCUT2D eigenvalue weighted by Crippen LogP contribution is 2.31. The van der Waals surface area contributed by atoms with Crippen molar-refractivity contribution in [3.05, 3.63) is 80.6 Å². The van der Waals surface area contributed by atoms with Crippen molar-refractivity contribution in [3.63, 3.8) is 0 Å². The molecule has 0 N–H and O–H groups in total. The zero-order valence-corrected chi connectivity index (χ0v) is 20.4. The molecule has 6 nitrogen and oxygen atoms in total. The number of sulfonamides is 1. The second-order valence-electron chi connectivity index (χ2n) is 8.43. The maximum atomic E-state index is 13.6. The number of fused-ring (bicyclic) bond motifs is 1. The standard InChI is InChI=1S/C24H28ClN3O3S/c1-16-11-17(2)24(18(3)12-16)32(29,30)28-10-9-23-21(13-28)22(26-27(23)4)15-31-14-19-5-7-20(25)8-6-19/h5-8,11-12H,9-10,13-15H2,1-4H3. The van der Waals surface area contributed by atoms with Crippen LogP contribution >= 0.6 is 11.6 Å². The molecule has 0 saturated heterocycles. The topological polar surface area (TPSA) is 64.4 Å². The van der Waals surface area contributed by atoms with Crippen LogP contribution in [-0.2, 0) is 48.0 Å². The third kappa shape index (κ3) is 4.48. The monoisotopic (exact) mass is 473 g/mol. The molecule has 0 atom stereocenters. The Bertz CT molecular complexity index is 1230. The van der Waals surface area contributed by atoms with Crippen molar-refractivity contribution in [1.29, 1.82) is 0 Å². The van der Waals surface area contributed by atoms with Crippen LogP contribution in [0.5, 0.6) is 0 Å². The Morgan fingerprint density at radius 1 is 1.06 bits per heavy atom. The smallest absolute Gasteiger partial charge is 0.243 e. The SMILES string of the molecule is Cc1cc(C)c(S(=O)(=O)N2CCc3c(c(COCc4ccc(Cl)cc4)nn3C)C2)c(C)c1. The molecule has 0 spiro atoms. The summed E-state index contributed by atoms with van der Waals surface area (Å²) in [7, 11) is -1.71. The molecule has 1 aliphatic rings. The summed E-state index contributed by atoms with van der Waals surface area (Å²) < 4.78 is 36.4. The van der Waals surface area contributed by atoms with Gasteiger partial charge in [0.15, 0.2) is 0 Å². The lowest BCUT2D eigenvalue weighted by atomic mass is 10.1. The maximum Gasteiger partial charge on any atom is 0.243 e. The van der Waals surface area contributed by atoms with Gasteiger partial charge in [0.05, 0.1) is 23.8 Å². The summed E-state index contributed by atoms with van der Waals surface area (Å²) in [5.74, 6) is 0. The van der Waals surface area contributed by atoms with E-state index in [0.29, 0.717) is 42.6 Å². The normalized spacial score (nSPS) is 14.5. The van der Waals surface area contributed by atoms with Crippen molar-refractivity contribution in [2.75, 3.05) is 6.54 Å². The molecule has 8 heteroatoms. The van der Waals surface area contributed by atoms with Crippen LogP contribution in [0, 0.1) is 20.8 Å². The summed E-state index contributed by atoms with van der Waals surface area (Å²) in [4.78, 5) is 0.413. The second kappa shape index (κ2) is 8.98. The number of aryl methyl sites for hydroxylation is 4. The average molecular weight is 474 g/mol. The molecule has 0 unspecified atom stereocenters.